The van der Waals surface area contributed by atoms with E-state index < -0.39 is 273 Å². The maximum Gasteiger partial charge on any atom is 0.340 e. The Morgan fingerprint density at radius 1 is 0.442 bits per heavy atom. The molecule has 86 heavy (non-hydrogen) atoms. The molecule has 0 radical (unpaired) electrons. The van der Waals surface area contributed by atoms with Gasteiger partial charge in [0, 0.05) is 62.6 Å². The molecule has 6 aromatic rings. The average Bonchev–Trinajstić information content (AvgIpc) is 1.49. The normalized spacial score (nSPS) is 24.9. The smallest absolute Gasteiger partial charge is 0.340 e. The van der Waals surface area contributed by atoms with Crippen molar-refractivity contribution >= 4 is 41.2 Å². The number of hydrogen-bond donors (Lipinski definition) is 18. The van der Waals surface area contributed by atoms with Gasteiger partial charge in [0.1, 0.15) is 29.8 Å². The van der Waals surface area contributed by atoms with Gasteiger partial charge in [0.15, 0.2) is 99.5 Å². The van der Waals surface area contributed by atoms with Crippen molar-refractivity contribution in [1.29, 1.82) is 0 Å². The second-order valence-corrected chi connectivity index (χ2v) is 20.6. The largest absolute Gasteiger partial charge is 0.507 e. The van der Waals surface area contributed by atoms with Crippen LogP contribution in [0.5, 0.6) is 103 Å². The van der Waals surface area contributed by atoms with Gasteiger partial charge in [-0.05, 0) is 30.3 Å². The molecule has 1 saturated heterocycles. The topological polar surface area (TPSA) is 531 Å². The fourth-order valence-electron chi connectivity index (χ4n) is 12.4. The van der Waals surface area contributed by atoms with E-state index in [1.807, 2.05) is 0 Å². The van der Waals surface area contributed by atoms with E-state index in [-0.39, 0.29) is 11.1 Å². The van der Waals surface area contributed by atoms with E-state index in [9.17, 15) is 96.7 Å². The number of hydrogen-bond acceptors (Lipinski definition) is 31. The van der Waals surface area contributed by atoms with Gasteiger partial charge in [0.2, 0.25) is 34.4 Å². The highest BCUT2D eigenvalue weighted by atomic mass is 16.6. The molecule has 31 nitrogen and oxygen atoms in total. The van der Waals surface area contributed by atoms with Crippen LogP contribution in [0.3, 0.4) is 0 Å². The molecule has 18 N–H and O–H groups in total. The van der Waals surface area contributed by atoms with Gasteiger partial charge in [-0.25, -0.2) is 19.2 Å². The van der Waals surface area contributed by atoms with Crippen molar-refractivity contribution in [3.63, 3.8) is 0 Å². The number of cyclic esters (lactones) is 1. The summed E-state index contributed by atoms with van der Waals surface area (Å²) >= 11 is 0. The standard InChI is InChI=1S/C55H36O31/c56-14-7-21-26(45-10(14)3-20(62)44(82-45)9-1-15(57)33(63)16(58)2-9)31-47-48-46-22(8-80-50(75)11-4-17(59)34(64)37(67)23(11)24-12(52(77)83-46)5-18(60)35(65)38(24)68)81-51(76)13-6-19(61)36(66)39(69)25(13)27-29(53(78)85-48)28(41(71)43(73)40(27)70)30-32(54(79)84-47)55(31,86-21)49(74)42(30)72/h1-2,4-7,20,22,31-32,44,46-48,56-73H,3,8H2. The minimum absolute atomic E-state index is 0.286. The fourth-order valence-corrected chi connectivity index (χ4v) is 12.4. The maximum atomic E-state index is 15.8. The van der Waals surface area contributed by atoms with E-state index in [2.05, 4.69) is 0 Å². The summed E-state index contributed by atoms with van der Waals surface area (Å²) in [6.07, 6.45) is -15.4. The Hall–Kier alpha value is -11.8. The maximum absolute atomic E-state index is 15.8. The number of Topliss-reactive ketones (excluding diaryl/α,β-unsaturated/α-hetero) is 1. The zero-order valence-corrected chi connectivity index (χ0v) is 42.4. The summed E-state index contributed by atoms with van der Waals surface area (Å²) in [4.78, 5) is 91.8. The van der Waals surface area contributed by atoms with Crippen LogP contribution in [0, 0.1) is 5.92 Å². The predicted octanol–water partition coefficient (Wildman–Crippen LogP) is 2.13. The Morgan fingerprint density at radius 3 is 1.52 bits per heavy atom. The van der Waals surface area contributed by atoms with Gasteiger partial charge < -0.3 is 125 Å². The second-order valence-electron chi connectivity index (χ2n) is 20.6. The summed E-state index contributed by atoms with van der Waals surface area (Å²) < 4.78 is 42.6. The lowest BCUT2D eigenvalue weighted by Gasteiger charge is -2.47. The SMILES string of the molecule is O=C1OCC2OC(=O)c3cc(O)c(O)c(O)c3-c3c(O)c(O)c(O)c4c3C(=O)OC(C2OC(=O)c2cc(O)c(O)c(O)c2-c2c1cc(O)c(O)c2O)C1OC(=O)C2C4=C(O)C(=O)C23Oc2cc(O)c4c(c2C13)OC(c1cc(O)c(O)c(O)c1)C(O)C4. The van der Waals surface area contributed by atoms with Crippen molar-refractivity contribution in [1.82, 2.24) is 0 Å². The number of aromatic hydroxyl groups is 16. The first-order chi connectivity index (χ1) is 40.6. The third-order valence-electron chi connectivity index (χ3n) is 16.2. The van der Waals surface area contributed by atoms with Gasteiger partial charge in [0.25, 0.3) is 0 Å². The van der Waals surface area contributed by atoms with E-state index in [1.54, 1.807) is 0 Å². The van der Waals surface area contributed by atoms with Crippen LogP contribution in [0.1, 0.15) is 75.7 Å². The molecule has 0 saturated carbocycles. The zero-order chi connectivity index (χ0) is 61.7. The third-order valence-corrected chi connectivity index (χ3v) is 16.2. The van der Waals surface area contributed by atoms with Crippen LogP contribution >= 0.6 is 0 Å². The molecule has 7 heterocycles. The molecule has 442 valence electrons. The van der Waals surface area contributed by atoms with E-state index in [0.717, 1.165) is 18.2 Å². The molecule has 1 fully saturated rings. The number of carbonyl (C=O) groups is 6. The highest BCUT2D eigenvalue weighted by Gasteiger charge is 2.76. The molecule has 7 aliphatic heterocycles. The Bertz CT molecular complexity index is 4270. The lowest BCUT2D eigenvalue weighted by Crippen LogP contribution is -2.65. The van der Waals surface area contributed by atoms with E-state index in [4.69, 9.17) is 33.2 Å². The minimum Gasteiger partial charge on any atom is -0.507 e. The number of phenolic OH excluding ortho intramolecular Hbond substituents is 16. The van der Waals surface area contributed by atoms with Gasteiger partial charge >= 0.3 is 29.8 Å². The summed E-state index contributed by atoms with van der Waals surface area (Å²) in [5.41, 5.74) is -17.2. The number of ketones is 1. The van der Waals surface area contributed by atoms with Gasteiger partial charge in [-0.15, -0.1) is 0 Å². The van der Waals surface area contributed by atoms with E-state index in [0.29, 0.717) is 18.2 Å². The number of phenols is 16. The zero-order valence-electron chi connectivity index (χ0n) is 42.4. The number of fused-ring (bicyclic) bond motifs is 10. The Labute approximate surface area is 473 Å². The first-order valence-corrected chi connectivity index (χ1v) is 24.9. The summed E-state index contributed by atoms with van der Waals surface area (Å²) in [6.45, 7) is -1.59. The van der Waals surface area contributed by atoms with Crippen LogP contribution in [-0.2, 0) is 39.7 Å². The van der Waals surface area contributed by atoms with Crippen molar-refractivity contribution < 1.29 is 154 Å². The Kier molecular flexibility index (Phi) is 11.0. The summed E-state index contributed by atoms with van der Waals surface area (Å²) in [5, 5.41) is 202. The molecule has 6 aromatic carbocycles. The molecule has 0 amide bonds. The number of aliphatic hydroxyl groups is 2. The molecule has 14 rings (SSSR count). The lowest BCUT2D eigenvalue weighted by molar-refractivity contribution is -0.200. The lowest BCUT2D eigenvalue weighted by atomic mass is 9.66. The summed E-state index contributed by atoms with van der Waals surface area (Å²) in [7, 11) is 0. The molecular formula is C55H36O31. The molecule has 8 aliphatic rings. The molecule has 6 bridgehead atoms. The van der Waals surface area contributed by atoms with Crippen molar-refractivity contribution in [3.8, 4) is 126 Å². The number of ether oxygens (including phenoxy) is 7. The molecular weight excluding hydrogens is 1160 g/mol. The fraction of sp³-hybridized carbons (Fsp3) is 0.200. The molecule has 31 heteroatoms. The molecule has 1 spiro atoms. The molecule has 9 atom stereocenters. The monoisotopic (exact) mass is 1190 g/mol. The minimum atomic E-state index is -3.18. The van der Waals surface area contributed by atoms with Crippen molar-refractivity contribution in [3.05, 3.63) is 86.7 Å². The molecule has 1 aliphatic carbocycles. The van der Waals surface area contributed by atoms with Crippen LogP contribution in [0.2, 0.25) is 0 Å². The Morgan fingerprint density at radius 2 is 0.942 bits per heavy atom. The first kappa shape index (κ1) is 53.5. The van der Waals surface area contributed by atoms with Gasteiger partial charge in [-0.3, -0.25) is 9.59 Å². The van der Waals surface area contributed by atoms with Gasteiger partial charge in [-0.1, -0.05) is 0 Å². The summed E-state index contributed by atoms with van der Waals surface area (Å²) in [6, 6.07) is 3.55. The second kappa shape index (κ2) is 17.6. The van der Waals surface area contributed by atoms with E-state index in [1.165, 1.54) is 0 Å². The van der Waals surface area contributed by atoms with Crippen LogP contribution in [0.4, 0.5) is 0 Å². The quantitative estimate of drug-likeness (QED) is 0.0637. The molecule has 9 unspecified atom stereocenters. The number of benzene rings is 6. The Balaban J connectivity index is 1.15. The van der Waals surface area contributed by atoms with E-state index >= 15 is 24.0 Å². The van der Waals surface area contributed by atoms with Crippen LogP contribution < -0.4 is 9.47 Å². The number of carbonyl (C=O) groups excluding carboxylic acids is 6. The van der Waals surface area contributed by atoms with Crippen LogP contribution in [-0.4, -0.2) is 170 Å². The van der Waals surface area contributed by atoms with Gasteiger partial charge in [0.05, 0.1) is 34.3 Å². The highest BCUT2D eigenvalue weighted by molar-refractivity contribution is 6.22. The number of esters is 5. The number of aliphatic hydroxyl groups excluding tert-OH is 2. The van der Waals surface area contributed by atoms with Crippen molar-refractivity contribution in [2.75, 3.05) is 6.61 Å². The third kappa shape index (κ3) is 6.80. The summed E-state index contributed by atoms with van der Waals surface area (Å²) in [5.74, 6) is -41.3. The number of rotatable bonds is 1. The van der Waals surface area contributed by atoms with Crippen molar-refractivity contribution in [2.24, 2.45) is 5.92 Å². The van der Waals surface area contributed by atoms with Crippen LogP contribution in [0.15, 0.2) is 42.2 Å². The first-order valence-electron chi connectivity index (χ1n) is 24.9. The predicted molar refractivity (Wildman–Crippen MR) is 268 cm³/mol. The van der Waals surface area contributed by atoms with Gasteiger partial charge in [-0.2, -0.15) is 0 Å². The van der Waals surface area contributed by atoms with Crippen molar-refractivity contribution in [2.45, 2.75) is 54.6 Å². The average molecular weight is 1190 g/mol. The highest BCUT2D eigenvalue weighted by Crippen LogP contribution is 2.68. The molecule has 0 aromatic heterocycles. The van der Waals surface area contributed by atoms with Crippen LogP contribution in [0.25, 0.3) is 27.8 Å².